The molecule has 1 amide bonds. The number of sulfonamides is 1. The summed E-state index contributed by atoms with van der Waals surface area (Å²) in [5.41, 5.74) is 2.10. The number of hydrogen-bond acceptors (Lipinski definition) is 5. The second-order valence-electron chi connectivity index (χ2n) is 6.17. The van der Waals surface area contributed by atoms with Crippen molar-refractivity contribution in [2.75, 3.05) is 29.5 Å². The molecule has 0 saturated heterocycles. The van der Waals surface area contributed by atoms with Gasteiger partial charge in [-0.1, -0.05) is 23.7 Å². The molecule has 2 rings (SSSR count). The average molecular weight is 425 g/mol. The van der Waals surface area contributed by atoms with Crippen molar-refractivity contribution < 1.29 is 22.7 Å². The Kier molecular flexibility index (Phi) is 6.69. The topological polar surface area (TPSA) is 92.8 Å². The maximum atomic E-state index is 12.6. The van der Waals surface area contributed by atoms with E-state index in [0.29, 0.717) is 33.1 Å². The third kappa shape index (κ3) is 4.82. The van der Waals surface area contributed by atoms with E-state index in [-0.39, 0.29) is 0 Å². The molecule has 0 bridgehead atoms. The predicted molar refractivity (Wildman–Crippen MR) is 110 cm³/mol. The quantitative estimate of drug-likeness (QED) is 0.719. The van der Waals surface area contributed by atoms with Gasteiger partial charge in [0.2, 0.25) is 15.9 Å². The first-order chi connectivity index (χ1) is 13.1. The van der Waals surface area contributed by atoms with Crippen LogP contribution in [0.25, 0.3) is 0 Å². The van der Waals surface area contributed by atoms with Gasteiger partial charge >= 0.3 is 5.97 Å². The summed E-state index contributed by atoms with van der Waals surface area (Å²) in [6, 6.07) is 9.64. The van der Waals surface area contributed by atoms with E-state index in [0.717, 1.165) is 10.6 Å². The van der Waals surface area contributed by atoms with E-state index in [4.69, 9.17) is 16.3 Å². The zero-order valence-corrected chi connectivity index (χ0v) is 17.5. The molecule has 0 aromatic heterocycles. The molecule has 0 fully saturated rings. The van der Waals surface area contributed by atoms with Crippen molar-refractivity contribution in [2.45, 2.75) is 13.8 Å². The molecule has 0 saturated carbocycles. The van der Waals surface area contributed by atoms with Gasteiger partial charge in [-0.3, -0.25) is 9.10 Å². The lowest BCUT2D eigenvalue weighted by molar-refractivity contribution is -0.114. The van der Waals surface area contributed by atoms with Crippen LogP contribution < -0.4 is 9.62 Å². The average Bonchev–Trinajstić information content (AvgIpc) is 2.62. The minimum atomic E-state index is -3.74. The Hall–Kier alpha value is -2.58. The minimum absolute atomic E-state index is 0.311. The lowest BCUT2D eigenvalue weighted by Crippen LogP contribution is -2.38. The van der Waals surface area contributed by atoms with Crippen LogP contribution in [0.1, 0.15) is 21.5 Å². The van der Waals surface area contributed by atoms with Gasteiger partial charge in [0.25, 0.3) is 0 Å². The van der Waals surface area contributed by atoms with Gasteiger partial charge in [0.05, 0.1) is 24.6 Å². The SMILES string of the molecule is COC(=O)c1cccc(NC(=O)CN(c2cccc(Cl)c2C)S(C)(=O)=O)c1C. The van der Waals surface area contributed by atoms with Crippen LogP contribution in [0.15, 0.2) is 36.4 Å². The molecule has 0 atom stereocenters. The number of esters is 1. The van der Waals surface area contributed by atoms with E-state index < -0.39 is 28.4 Å². The normalized spacial score (nSPS) is 11.0. The highest BCUT2D eigenvalue weighted by molar-refractivity contribution is 7.92. The third-order valence-electron chi connectivity index (χ3n) is 4.21. The Balaban J connectivity index is 2.32. The molecule has 0 aliphatic rings. The Bertz CT molecular complexity index is 1020. The zero-order valence-electron chi connectivity index (χ0n) is 15.9. The largest absolute Gasteiger partial charge is 0.465 e. The van der Waals surface area contributed by atoms with E-state index in [1.165, 1.54) is 7.11 Å². The number of carbonyl (C=O) groups excluding carboxylic acids is 2. The molecule has 2 aromatic carbocycles. The third-order valence-corrected chi connectivity index (χ3v) is 5.74. The Morgan fingerprint density at radius 1 is 1.11 bits per heavy atom. The first-order valence-corrected chi connectivity index (χ1v) is 10.5. The van der Waals surface area contributed by atoms with Gasteiger partial charge in [-0.05, 0) is 49.2 Å². The van der Waals surface area contributed by atoms with Crippen LogP contribution in [0.4, 0.5) is 11.4 Å². The van der Waals surface area contributed by atoms with Crippen molar-refractivity contribution in [1.82, 2.24) is 0 Å². The first-order valence-electron chi connectivity index (χ1n) is 8.27. The van der Waals surface area contributed by atoms with Crippen molar-refractivity contribution in [1.29, 1.82) is 0 Å². The minimum Gasteiger partial charge on any atom is -0.465 e. The molecule has 0 aliphatic carbocycles. The Morgan fingerprint density at radius 3 is 2.36 bits per heavy atom. The van der Waals surface area contributed by atoms with Gasteiger partial charge in [0.15, 0.2) is 0 Å². The molecule has 0 spiro atoms. The first kappa shape index (κ1) is 21.7. The van der Waals surface area contributed by atoms with Gasteiger partial charge in [0, 0.05) is 10.7 Å². The van der Waals surface area contributed by atoms with Crippen LogP contribution in [0.2, 0.25) is 5.02 Å². The van der Waals surface area contributed by atoms with E-state index in [9.17, 15) is 18.0 Å². The fraction of sp³-hybridized carbons (Fsp3) is 0.263. The van der Waals surface area contributed by atoms with Crippen LogP contribution in [0.5, 0.6) is 0 Å². The second-order valence-corrected chi connectivity index (χ2v) is 8.49. The highest BCUT2D eigenvalue weighted by Crippen LogP contribution is 2.28. The molecule has 7 nitrogen and oxygen atoms in total. The number of hydrogen-bond donors (Lipinski definition) is 1. The smallest absolute Gasteiger partial charge is 0.338 e. The summed E-state index contributed by atoms with van der Waals surface area (Å²) < 4.78 is 30.3. The summed E-state index contributed by atoms with van der Waals surface area (Å²) in [6.45, 7) is 2.90. The number of nitrogens with one attached hydrogen (secondary N) is 1. The van der Waals surface area contributed by atoms with Crippen molar-refractivity contribution in [3.8, 4) is 0 Å². The molecule has 0 aliphatic heterocycles. The highest BCUT2D eigenvalue weighted by Gasteiger charge is 2.23. The number of amides is 1. The highest BCUT2D eigenvalue weighted by atomic mass is 35.5. The van der Waals surface area contributed by atoms with E-state index in [2.05, 4.69) is 5.32 Å². The number of nitrogens with zero attached hydrogens (tertiary/aromatic N) is 1. The number of rotatable bonds is 6. The molecular formula is C19H21ClN2O5S. The van der Waals surface area contributed by atoms with Crippen molar-refractivity contribution in [3.63, 3.8) is 0 Å². The van der Waals surface area contributed by atoms with E-state index >= 15 is 0 Å². The number of anilines is 2. The number of ether oxygens (including phenoxy) is 1. The van der Waals surface area contributed by atoms with Crippen LogP contribution in [-0.4, -0.2) is 40.2 Å². The van der Waals surface area contributed by atoms with Gasteiger partial charge in [-0.15, -0.1) is 0 Å². The molecule has 1 N–H and O–H groups in total. The molecular weight excluding hydrogens is 404 g/mol. The maximum absolute atomic E-state index is 12.6. The second kappa shape index (κ2) is 8.62. The fourth-order valence-electron chi connectivity index (χ4n) is 2.67. The summed E-state index contributed by atoms with van der Waals surface area (Å²) >= 11 is 6.09. The standard InChI is InChI=1S/C19H21ClN2O5S/c1-12-14(19(24)27-3)7-5-9-16(12)21-18(23)11-22(28(4,25)26)17-10-6-8-15(20)13(17)2/h5-10H,11H2,1-4H3,(H,21,23). The number of benzene rings is 2. The van der Waals surface area contributed by atoms with Gasteiger partial charge < -0.3 is 10.1 Å². The summed E-state index contributed by atoms with van der Waals surface area (Å²) in [6.07, 6.45) is 1.02. The van der Waals surface area contributed by atoms with Gasteiger partial charge in [-0.25, -0.2) is 13.2 Å². The summed E-state index contributed by atoms with van der Waals surface area (Å²) in [4.78, 5) is 24.4. The van der Waals surface area contributed by atoms with Crippen molar-refractivity contribution in [3.05, 3.63) is 58.1 Å². The molecule has 0 radical (unpaired) electrons. The van der Waals surface area contributed by atoms with Crippen molar-refractivity contribution in [2.24, 2.45) is 0 Å². The zero-order chi connectivity index (χ0) is 21.1. The molecule has 28 heavy (non-hydrogen) atoms. The van der Waals surface area contributed by atoms with Crippen LogP contribution in [-0.2, 0) is 19.6 Å². The molecule has 9 heteroatoms. The number of carbonyl (C=O) groups is 2. The predicted octanol–water partition coefficient (Wildman–Crippen LogP) is 3.15. The van der Waals surface area contributed by atoms with Gasteiger partial charge in [-0.2, -0.15) is 0 Å². The lowest BCUT2D eigenvalue weighted by atomic mass is 10.1. The fourth-order valence-corrected chi connectivity index (χ4v) is 3.75. The maximum Gasteiger partial charge on any atom is 0.338 e. The monoisotopic (exact) mass is 424 g/mol. The van der Waals surface area contributed by atoms with E-state index in [1.54, 1.807) is 50.2 Å². The molecule has 0 unspecified atom stereocenters. The summed E-state index contributed by atoms with van der Waals surface area (Å²) in [7, 11) is -2.47. The molecule has 0 heterocycles. The number of halogens is 1. The van der Waals surface area contributed by atoms with Crippen LogP contribution in [0.3, 0.4) is 0 Å². The Morgan fingerprint density at radius 2 is 1.75 bits per heavy atom. The van der Waals surface area contributed by atoms with E-state index in [1.807, 2.05) is 0 Å². The Labute approximate surface area is 169 Å². The van der Waals surface area contributed by atoms with Crippen LogP contribution >= 0.6 is 11.6 Å². The molecule has 150 valence electrons. The lowest BCUT2D eigenvalue weighted by Gasteiger charge is -2.24. The number of methoxy groups -OCH3 is 1. The summed E-state index contributed by atoms with van der Waals surface area (Å²) in [5.74, 6) is -1.09. The van der Waals surface area contributed by atoms with Gasteiger partial charge in [0.1, 0.15) is 6.54 Å². The summed E-state index contributed by atoms with van der Waals surface area (Å²) in [5, 5.41) is 3.05. The molecule has 2 aromatic rings. The van der Waals surface area contributed by atoms with Crippen LogP contribution in [0, 0.1) is 13.8 Å². The van der Waals surface area contributed by atoms with Crippen molar-refractivity contribution >= 4 is 44.9 Å².